The van der Waals surface area contributed by atoms with Crippen LogP contribution in [0.2, 0.25) is 0 Å². The third-order valence-corrected chi connectivity index (χ3v) is 20.3. The second kappa shape index (κ2) is 27.5. The number of amides is 1. The SMILES string of the molecule is CC(=O)O[C@H]1C(=O)[C@@]2(C)[C@H]([C@H](OC(=O)c3ccccc3)[C@]3(O)C[C@H](OC(=O)[C@H](O)[C@@H](NC(=O)c4ccccc4)c4ccccc4)C(C)=C1C3(C)C)[C@]1(OC(C)=O)CO[C@@H]1C[C@@H]2O.CC1=C(c2ccc(O)cc2)[C@H](c2ccc(OCCN3CC[C@@H](C)C3)cc2)Oc2cc(O)ccc21. The number of carbonyl (C=O) groups is 6. The summed E-state index contributed by atoms with van der Waals surface area (Å²) in [6, 6.07) is 43.4. The molecule has 2 saturated carbocycles. The van der Waals surface area contributed by atoms with Crippen LogP contribution in [0.5, 0.6) is 23.0 Å². The van der Waals surface area contributed by atoms with Crippen LogP contribution in [0.1, 0.15) is 130 Å². The smallest absolute Gasteiger partial charge is 0.338 e. The van der Waals surface area contributed by atoms with E-state index >= 15 is 4.79 Å². The maximum absolute atomic E-state index is 15.5. The van der Waals surface area contributed by atoms with E-state index in [1.165, 1.54) is 32.4 Å². The molecule has 3 heterocycles. The minimum Gasteiger partial charge on any atom is -0.508 e. The molecule has 96 heavy (non-hydrogen) atoms. The molecule has 504 valence electrons. The zero-order valence-electron chi connectivity index (χ0n) is 54.9. The standard InChI is InChI=1S/C47H51NO14.C29H31NO4/c1-25-31(60-43(56)36(52)35(28-16-10-7-11-17-28)48-41(54)29-18-12-8-13-19-29)23-47(57)40(61-42(55)30-20-14-9-15-21-30)38-45(6,32(51)22-33-46(38,24-58-33)62-27(3)50)39(53)37(59-26(2)49)34(25)44(47,4)5;1-19-13-14-30(18-19)15-16-33-25-10-5-22(6-11-25)29-28(21-3-7-23(31)8-4-21)20(2)26-12-9-24(32)17-27(26)34-29/h7-21,31-33,35-38,40,51-52,57H,22-24H2,1-6H3,(H,48,54);3-12,17,19,29,31-32H,13-16,18H2,1-2H3/t31-,32-,33+,35-,36+,37+,38-,40-,45+,46-,47+;19-,29+/m01/s1. The molecule has 13 atom stereocenters. The van der Waals surface area contributed by atoms with Gasteiger partial charge in [-0.25, -0.2) is 9.59 Å². The molecular weight excluding hydrogens is 1230 g/mol. The van der Waals surface area contributed by atoms with Crippen LogP contribution in [0.4, 0.5) is 0 Å². The monoisotopic (exact) mass is 1310 g/mol. The summed E-state index contributed by atoms with van der Waals surface area (Å²) in [7, 11) is 0. The molecule has 6 aromatic carbocycles. The van der Waals surface area contributed by atoms with Crippen LogP contribution in [0.3, 0.4) is 0 Å². The van der Waals surface area contributed by atoms with E-state index in [2.05, 4.69) is 24.1 Å². The highest BCUT2D eigenvalue weighted by Crippen LogP contribution is 2.65. The molecule has 12 rings (SSSR count). The van der Waals surface area contributed by atoms with Gasteiger partial charge in [-0.05, 0) is 134 Å². The molecule has 3 aliphatic carbocycles. The molecule has 0 spiro atoms. The highest BCUT2D eigenvalue weighted by Gasteiger charge is 2.78. The van der Waals surface area contributed by atoms with Gasteiger partial charge in [0.25, 0.3) is 5.91 Å². The third kappa shape index (κ3) is 13.0. The predicted octanol–water partition coefficient (Wildman–Crippen LogP) is 9.62. The Morgan fingerprint density at radius 2 is 1.41 bits per heavy atom. The lowest BCUT2D eigenvalue weighted by atomic mass is 9.44. The summed E-state index contributed by atoms with van der Waals surface area (Å²) in [5.41, 5.74) is -1.97. The van der Waals surface area contributed by atoms with Crippen LogP contribution in [0.25, 0.3) is 11.1 Å². The number of esters is 4. The lowest BCUT2D eigenvalue weighted by Gasteiger charge is -2.67. The average molecular weight is 1310 g/mol. The van der Waals surface area contributed by atoms with Crippen molar-refractivity contribution in [2.24, 2.45) is 22.7 Å². The van der Waals surface area contributed by atoms with Crippen LogP contribution >= 0.6 is 0 Å². The number of nitrogens with zero attached hydrogens (tertiary/aromatic N) is 1. The fourth-order valence-corrected chi connectivity index (χ4v) is 15.1. The van der Waals surface area contributed by atoms with Crippen molar-refractivity contribution in [2.45, 2.75) is 135 Å². The number of aliphatic hydroxyl groups excluding tert-OH is 2. The number of phenols is 2. The van der Waals surface area contributed by atoms with Gasteiger partial charge in [0.05, 0.1) is 35.6 Å². The Balaban J connectivity index is 0.000000231. The maximum Gasteiger partial charge on any atom is 0.338 e. The molecule has 6 aliphatic rings. The number of phenolic OH excluding ortho intramolecular Hbond substituents is 2. The normalized spacial score (nSPS) is 27.7. The molecule has 2 bridgehead atoms. The lowest BCUT2D eigenvalue weighted by molar-refractivity contribution is -0.346. The molecule has 2 saturated heterocycles. The van der Waals surface area contributed by atoms with Crippen molar-refractivity contribution in [3.8, 4) is 23.0 Å². The molecule has 0 radical (unpaired) electrons. The molecule has 6 N–H and O–H groups in total. The molecule has 20 heteroatoms. The highest BCUT2D eigenvalue weighted by atomic mass is 16.6. The van der Waals surface area contributed by atoms with Crippen molar-refractivity contribution in [1.29, 1.82) is 0 Å². The van der Waals surface area contributed by atoms with Gasteiger partial charge in [0, 0.05) is 68.0 Å². The van der Waals surface area contributed by atoms with Gasteiger partial charge in [-0.15, -0.1) is 0 Å². The van der Waals surface area contributed by atoms with Gasteiger partial charge in [0.1, 0.15) is 59.6 Å². The van der Waals surface area contributed by atoms with Crippen molar-refractivity contribution in [3.05, 3.63) is 202 Å². The van der Waals surface area contributed by atoms with E-state index in [0.29, 0.717) is 17.9 Å². The number of fused-ring (bicyclic) bond motifs is 6. The number of nitrogens with one attached hydrogen (secondary N) is 1. The molecular formula is C76H82N2O18. The first-order valence-electron chi connectivity index (χ1n) is 32.4. The number of ether oxygens (including phenoxy) is 7. The van der Waals surface area contributed by atoms with E-state index in [1.54, 1.807) is 117 Å². The summed E-state index contributed by atoms with van der Waals surface area (Å²) >= 11 is 0. The first-order valence-corrected chi connectivity index (χ1v) is 32.4. The Bertz CT molecular complexity index is 3950. The lowest BCUT2D eigenvalue weighted by Crippen LogP contribution is -2.82. The summed E-state index contributed by atoms with van der Waals surface area (Å²) in [6.07, 6.45) is -9.59. The number of aliphatic hydroxyl groups is 3. The maximum atomic E-state index is 15.5. The van der Waals surface area contributed by atoms with Crippen LogP contribution < -0.4 is 14.8 Å². The van der Waals surface area contributed by atoms with Crippen molar-refractivity contribution in [3.63, 3.8) is 0 Å². The zero-order valence-corrected chi connectivity index (χ0v) is 54.9. The molecule has 20 nitrogen and oxygen atoms in total. The van der Waals surface area contributed by atoms with E-state index in [0.717, 1.165) is 73.0 Å². The van der Waals surface area contributed by atoms with Crippen LogP contribution in [-0.4, -0.2) is 147 Å². The molecule has 6 aromatic rings. The van der Waals surface area contributed by atoms with Crippen molar-refractivity contribution in [1.82, 2.24) is 10.2 Å². The molecule has 0 aromatic heterocycles. The number of Topliss-reactive ketones (excluding diaryl/α,β-unsaturated/α-hetero) is 1. The number of ketones is 1. The fourth-order valence-electron chi connectivity index (χ4n) is 15.1. The number of likely N-dealkylation sites (tertiary alicyclic amines) is 1. The summed E-state index contributed by atoms with van der Waals surface area (Å²) in [6.45, 7) is 16.3. The molecule has 3 aliphatic heterocycles. The Labute approximate surface area is 557 Å². The number of benzene rings is 6. The van der Waals surface area contributed by atoms with E-state index in [1.807, 2.05) is 42.5 Å². The number of rotatable bonds is 16. The van der Waals surface area contributed by atoms with Gasteiger partial charge >= 0.3 is 23.9 Å². The Morgan fingerprint density at radius 1 is 0.771 bits per heavy atom. The second-order valence-electron chi connectivity index (χ2n) is 26.7. The number of hydrogen-bond acceptors (Lipinski definition) is 19. The van der Waals surface area contributed by atoms with Gasteiger partial charge in [-0.1, -0.05) is 112 Å². The van der Waals surface area contributed by atoms with Gasteiger partial charge in [-0.2, -0.15) is 0 Å². The van der Waals surface area contributed by atoms with Crippen LogP contribution in [0, 0.1) is 22.7 Å². The van der Waals surface area contributed by atoms with Gasteiger partial charge in [-0.3, -0.25) is 24.1 Å². The van der Waals surface area contributed by atoms with Crippen LogP contribution in [-0.2, 0) is 42.9 Å². The second-order valence-corrected chi connectivity index (χ2v) is 26.7. The topological polar surface area (TPSA) is 283 Å². The largest absolute Gasteiger partial charge is 0.508 e. The average Bonchev–Trinajstić information content (AvgIpc) is 0.680. The van der Waals surface area contributed by atoms with Gasteiger partial charge in [0.15, 0.2) is 23.6 Å². The molecule has 4 fully saturated rings. The highest BCUT2D eigenvalue weighted by molar-refractivity contribution is 5.97. The van der Waals surface area contributed by atoms with Crippen molar-refractivity contribution in [2.75, 3.05) is 32.8 Å². The predicted molar refractivity (Wildman–Crippen MR) is 352 cm³/mol. The Hall–Kier alpha value is -9.18. The number of carbonyl (C=O) groups excluding carboxylic acids is 6. The fraction of sp³-hybridized carbons (Fsp3) is 0.395. The first kappa shape index (κ1) is 68.2. The van der Waals surface area contributed by atoms with E-state index in [4.69, 9.17) is 33.2 Å². The van der Waals surface area contributed by atoms with E-state index in [-0.39, 0.29) is 52.9 Å². The van der Waals surface area contributed by atoms with Crippen molar-refractivity contribution >= 4 is 46.7 Å². The molecule has 0 unspecified atom stereocenters. The Morgan fingerprint density at radius 3 is 2.01 bits per heavy atom. The third-order valence-electron chi connectivity index (χ3n) is 20.3. The van der Waals surface area contributed by atoms with E-state index in [9.17, 15) is 49.5 Å². The zero-order chi connectivity index (χ0) is 68.6. The van der Waals surface area contributed by atoms with Gasteiger partial charge in [0.2, 0.25) is 0 Å². The molecule has 1 amide bonds. The Kier molecular flexibility index (Phi) is 19.5. The summed E-state index contributed by atoms with van der Waals surface area (Å²) in [4.78, 5) is 85.9. The van der Waals surface area contributed by atoms with E-state index < -0.39 is 113 Å². The number of allylic oxidation sites excluding steroid dienone is 1. The minimum absolute atomic E-state index is 0.00289. The quantitative estimate of drug-likeness (QED) is 0.0299. The summed E-state index contributed by atoms with van der Waals surface area (Å²) in [5, 5.41) is 60.0. The van der Waals surface area contributed by atoms with Gasteiger partial charge < -0.3 is 64.0 Å². The van der Waals surface area contributed by atoms with Crippen molar-refractivity contribution < 1.29 is 87.5 Å². The number of aromatic hydroxyl groups is 2. The summed E-state index contributed by atoms with van der Waals surface area (Å²) < 4.78 is 42.7. The summed E-state index contributed by atoms with van der Waals surface area (Å²) in [5.74, 6) is -4.16. The minimum atomic E-state index is -2.39. The van der Waals surface area contributed by atoms with Crippen LogP contribution in [0.15, 0.2) is 169 Å². The number of hydrogen-bond donors (Lipinski definition) is 6. The first-order chi connectivity index (χ1) is 45.7.